The molecule has 1 atom stereocenters. The lowest BCUT2D eigenvalue weighted by Crippen LogP contribution is -2.32. The normalized spacial score (nSPS) is 17.3. The maximum absolute atomic E-state index is 12.6. The Hall–Kier alpha value is -2.54. The lowest BCUT2D eigenvalue weighted by Gasteiger charge is -2.23. The fourth-order valence-corrected chi connectivity index (χ4v) is 3.09. The molecule has 1 aliphatic heterocycles. The number of phenols is 1. The van der Waals surface area contributed by atoms with Gasteiger partial charge in [-0.1, -0.05) is 6.07 Å². The lowest BCUT2D eigenvalue weighted by atomic mass is 10.1. The second kappa shape index (κ2) is 7.57. The van der Waals surface area contributed by atoms with Gasteiger partial charge in [0.25, 0.3) is 5.91 Å². The third kappa shape index (κ3) is 3.93. The molecular formula is C18H24N4O3. The van der Waals surface area contributed by atoms with Gasteiger partial charge in [-0.25, -0.2) is 0 Å². The number of aromatic hydroxyl groups is 1. The third-order valence-electron chi connectivity index (χ3n) is 4.48. The highest BCUT2D eigenvalue weighted by atomic mass is 16.5. The van der Waals surface area contributed by atoms with Crippen LogP contribution in [0.5, 0.6) is 11.5 Å². The fourth-order valence-electron chi connectivity index (χ4n) is 3.09. The zero-order valence-corrected chi connectivity index (χ0v) is 14.6. The Labute approximate surface area is 147 Å². The maximum atomic E-state index is 12.6. The topological polar surface area (TPSA) is 79.6 Å². The molecule has 1 fully saturated rings. The van der Waals surface area contributed by atoms with Gasteiger partial charge in [-0.2, -0.15) is 5.10 Å². The second-order valence-electron chi connectivity index (χ2n) is 6.35. The van der Waals surface area contributed by atoms with Crippen LogP contribution in [0, 0.1) is 0 Å². The molecule has 0 bridgehead atoms. The smallest absolute Gasteiger partial charge is 0.274 e. The summed E-state index contributed by atoms with van der Waals surface area (Å²) in [7, 11) is 3.23. The van der Waals surface area contributed by atoms with Crippen molar-refractivity contribution < 1.29 is 14.6 Å². The van der Waals surface area contributed by atoms with Gasteiger partial charge in [-0.3, -0.25) is 9.48 Å². The molecule has 1 saturated heterocycles. The summed E-state index contributed by atoms with van der Waals surface area (Å²) in [6.07, 6.45) is 4.07. The highest BCUT2D eigenvalue weighted by Crippen LogP contribution is 2.26. The molecule has 7 heteroatoms. The molecule has 2 N–H and O–H groups in total. The van der Waals surface area contributed by atoms with Crippen LogP contribution >= 0.6 is 0 Å². The van der Waals surface area contributed by atoms with Crippen LogP contribution < -0.4 is 10.1 Å². The zero-order valence-electron chi connectivity index (χ0n) is 14.6. The number of nitrogens with one attached hydrogen (secondary N) is 1. The Morgan fingerprint density at radius 3 is 3.00 bits per heavy atom. The Balaban J connectivity index is 1.66. The minimum absolute atomic E-state index is 0.0647. The molecule has 1 unspecified atom stereocenters. The number of piperidine rings is 1. The van der Waals surface area contributed by atoms with Crippen molar-refractivity contribution in [2.45, 2.75) is 25.4 Å². The van der Waals surface area contributed by atoms with Crippen LogP contribution in [0.1, 0.15) is 34.9 Å². The maximum Gasteiger partial charge on any atom is 0.274 e. The van der Waals surface area contributed by atoms with Gasteiger partial charge in [0.15, 0.2) is 11.5 Å². The van der Waals surface area contributed by atoms with E-state index in [0.717, 1.165) is 31.5 Å². The van der Waals surface area contributed by atoms with Crippen molar-refractivity contribution in [2.24, 2.45) is 0 Å². The first kappa shape index (κ1) is 17.3. The van der Waals surface area contributed by atoms with Crippen LogP contribution in [0.15, 0.2) is 30.5 Å². The summed E-state index contributed by atoms with van der Waals surface area (Å²) in [5.41, 5.74) is 1.26. The van der Waals surface area contributed by atoms with Gasteiger partial charge < -0.3 is 20.1 Å². The Bertz CT molecular complexity index is 738. The van der Waals surface area contributed by atoms with E-state index in [1.54, 1.807) is 30.1 Å². The number of amides is 1. The number of carbonyl (C=O) groups is 1. The molecule has 134 valence electrons. The average Bonchev–Trinajstić information content (AvgIpc) is 3.12. The molecule has 1 amide bonds. The van der Waals surface area contributed by atoms with Crippen molar-refractivity contribution in [3.05, 3.63) is 41.7 Å². The van der Waals surface area contributed by atoms with Gasteiger partial charge in [-0.05, 0) is 43.1 Å². The van der Waals surface area contributed by atoms with E-state index >= 15 is 0 Å². The van der Waals surface area contributed by atoms with Gasteiger partial charge >= 0.3 is 0 Å². The summed E-state index contributed by atoms with van der Waals surface area (Å²) in [4.78, 5) is 14.2. The van der Waals surface area contributed by atoms with Gasteiger partial charge in [-0.15, -0.1) is 0 Å². The SMILES string of the molecule is COc1ccc(CN(C)C(=O)c2ccn(C3CCCNC3)n2)cc1O. The van der Waals surface area contributed by atoms with Crippen LogP contribution in [-0.4, -0.2) is 52.9 Å². The first-order chi connectivity index (χ1) is 12.1. The standard InChI is InChI=1S/C18H24N4O3/c1-21(12-13-5-6-17(25-2)16(23)10-13)18(24)15-7-9-22(20-15)14-4-3-8-19-11-14/h5-7,9-10,14,19,23H,3-4,8,11-12H2,1-2H3. The van der Waals surface area contributed by atoms with E-state index < -0.39 is 0 Å². The molecule has 0 radical (unpaired) electrons. The molecule has 2 aromatic rings. The number of aromatic nitrogens is 2. The number of phenolic OH excluding ortho intramolecular Hbond substituents is 1. The van der Waals surface area contributed by atoms with Crippen LogP contribution in [0.3, 0.4) is 0 Å². The van der Waals surface area contributed by atoms with Gasteiger partial charge in [0.2, 0.25) is 0 Å². The summed E-state index contributed by atoms with van der Waals surface area (Å²) in [5.74, 6) is 0.338. The molecule has 1 aromatic heterocycles. The minimum atomic E-state index is -0.141. The molecule has 1 aromatic carbocycles. The Morgan fingerprint density at radius 1 is 1.48 bits per heavy atom. The molecule has 25 heavy (non-hydrogen) atoms. The van der Waals surface area contributed by atoms with Crippen molar-refractivity contribution in [1.82, 2.24) is 20.0 Å². The van der Waals surface area contributed by atoms with Gasteiger partial charge in [0.05, 0.1) is 13.2 Å². The van der Waals surface area contributed by atoms with Gasteiger partial charge in [0, 0.05) is 26.3 Å². The van der Waals surface area contributed by atoms with E-state index in [0.29, 0.717) is 24.0 Å². The highest BCUT2D eigenvalue weighted by molar-refractivity contribution is 5.92. The van der Waals surface area contributed by atoms with Crippen molar-refractivity contribution in [2.75, 3.05) is 27.2 Å². The van der Waals surface area contributed by atoms with E-state index in [2.05, 4.69) is 10.4 Å². The largest absolute Gasteiger partial charge is 0.504 e. The van der Waals surface area contributed by atoms with Crippen LogP contribution in [-0.2, 0) is 6.54 Å². The average molecular weight is 344 g/mol. The summed E-state index contributed by atoms with van der Waals surface area (Å²) in [6, 6.07) is 7.19. The van der Waals surface area contributed by atoms with E-state index in [9.17, 15) is 9.90 Å². The molecule has 1 aliphatic rings. The lowest BCUT2D eigenvalue weighted by molar-refractivity contribution is 0.0777. The van der Waals surface area contributed by atoms with Crippen LogP contribution in [0.25, 0.3) is 0 Å². The zero-order chi connectivity index (χ0) is 17.8. The fraction of sp³-hybridized carbons (Fsp3) is 0.444. The van der Waals surface area contributed by atoms with Crippen molar-refractivity contribution in [3.8, 4) is 11.5 Å². The minimum Gasteiger partial charge on any atom is -0.504 e. The number of benzene rings is 1. The van der Waals surface area contributed by atoms with E-state index in [1.807, 2.05) is 16.9 Å². The van der Waals surface area contributed by atoms with Crippen molar-refractivity contribution >= 4 is 5.91 Å². The molecule has 0 saturated carbocycles. The molecule has 2 heterocycles. The number of hydrogen-bond donors (Lipinski definition) is 2. The molecule has 3 rings (SSSR count). The quantitative estimate of drug-likeness (QED) is 0.864. The van der Waals surface area contributed by atoms with Crippen molar-refractivity contribution in [3.63, 3.8) is 0 Å². The predicted molar refractivity (Wildman–Crippen MR) is 93.8 cm³/mol. The number of nitrogens with zero attached hydrogens (tertiary/aromatic N) is 3. The number of methoxy groups -OCH3 is 1. The summed E-state index contributed by atoms with van der Waals surface area (Å²) >= 11 is 0. The first-order valence-corrected chi connectivity index (χ1v) is 8.45. The predicted octanol–water partition coefficient (Wildman–Crippen LogP) is 1.79. The Morgan fingerprint density at radius 2 is 2.32 bits per heavy atom. The van der Waals surface area contributed by atoms with Crippen molar-refractivity contribution in [1.29, 1.82) is 0 Å². The summed E-state index contributed by atoms with van der Waals surface area (Å²) in [5, 5.41) is 17.7. The second-order valence-corrected chi connectivity index (χ2v) is 6.35. The summed E-state index contributed by atoms with van der Waals surface area (Å²) < 4.78 is 6.92. The Kier molecular flexibility index (Phi) is 5.23. The molecule has 0 aliphatic carbocycles. The number of hydrogen-bond acceptors (Lipinski definition) is 5. The number of ether oxygens (including phenoxy) is 1. The third-order valence-corrected chi connectivity index (χ3v) is 4.48. The van der Waals surface area contributed by atoms with E-state index in [-0.39, 0.29) is 11.7 Å². The first-order valence-electron chi connectivity index (χ1n) is 8.45. The van der Waals surface area contributed by atoms with E-state index in [4.69, 9.17) is 4.74 Å². The molecule has 7 nitrogen and oxygen atoms in total. The summed E-state index contributed by atoms with van der Waals surface area (Å²) in [6.45, 7) is 2.31. The van der Waals surface area contributed by atoms with Crippen LogP contribution in [0.2, 0.25) is 0 Å². The molecule has 0 spiro atoms. The monoisotopic (exact) mass is 344 g/mol. The molecular weight excluding hydrogens is 320 g/mol. The van der Waals surface area contributed by atoms with Crippen LogP contribution in [0.4, 0.5) is 0 Å². The highest BCUT2D eigenvalue weighted by Gasteiger charge is 2.20. The number of carbonyl (C=O) groups excluding carboxylic acids is 1. The van der Waals surface area contributed by atoms with E-state index in [1.165, 1.54) is 7.11 Å². The van der Waals surface area contributed by atoms with Gasteiger partial charge in [0.1, 0.15) is 5.69 Å². The number of rotatable bonds is 5.